The monoisotopic (exact) mass is 947 g/mol. The van der Waals surface area contributed by atoms with Crippen LogP contribution in [0.2, 0.25) is 0 Å². The van der Waals surface area contributed by atoms with Crippen LogP contribution in [0.15, 0.2) is 0 Å². The van der Waals surface area contributed by atoms with Gasteiger partial charge in [0.1, 0.15) is 13.2 Å². The minimum atomic E-state index is -0.762. The summed E-state index contributed by atoms with van der Waals surface area (Å²) in [5, 5.41) is 0. The van der Waals surface area contributed by atoms with Crippen molar-refractivity contribution in [1.82, 2.24) is 0 Å². The number of unbranched alkanes of at least 4 members (excludes halogenated alkanes) is 42. The normalized spacial score (nSPS) is 12.4. The van der Waals surface area contributed by atoms with Gasteiger partial charge in [0.15, 0.2) is 6.10 Å². The third kappa shape index (κ3) is 53.6. The summed E-state index contributed by atoms with van der Waals surface area (Å²) in [7, 11) is 0. The SMILES string of the molecule is CCCCCCCCCCCCCCCCCCCCCC(=O)OC[C@@H](COC(=O)CCCCCCCCCCCCCCCCC(C)CC)OC(=O)CCCCCCCCCCCCCC. The first kappa shape index (κ1) is 65.4. The molecular weight excluding hydrogens is 829 g/mol. The van der Waals surface area contributed by atoms with Crippen molar-refractivity contribution in [2.24, 2.45) is 5.92 Å². The summed E-state index contributed by atoms with van der Waals surface area (Å²) in [5.74, 6) is 0.0632. The Bertz CT molecular complexity index is 1010. The first-order chi connectivity index (χ1) is 32.9. The van der Waals surface area contributed by atoms with Crippen LogP contribution in [0.25, 0.3) is 0 Å². The van der Waals surface area contributed by atoms with E-state index in [9.17, 15) is 14.4 Å². The maximum atomic E-state index is 12.8. The van der Waals surface area contributed by atoms with Gasteiger partial charge < -0.3 is 14.2 Å². The predicted molar refractivity (Wildman–Crippen MR) is 289 cm³/mol. The quantitative estimate of drug-likeness (QED) is 0.0343. The molecule has 0 spiro atoms. The number of ether oxygens (including phenoxy) is 3. The van der Waals surface area contributed by atoms with E-state index in [-0.39, 0.29) is 31.1 Å². The lowest BCUT2D eigenvalue weighted by molar-refractivity contribution is -0.167. The lowest BCUT2D eigenvalue weighted by Crippen LogP contribution is -2.30. The lowest BCUT2D eigenvalue weighted by atomic mass is 9.99. The van der Waals surface area contributed by atoms with Gasteiger partial charge in [-0.15, -0.1) is 0 Å². The Balaban J connectivity index is 4.24. The van der Waals surface area contributed by atoms with Crippen LogP contribution in [-0.4, -0.2) is 37.2 Å². The Morgan fingerprint density at radius 2 is 0.522 bits per heavy atom. The molecule has 0 rings (SSSR count). The molecule has 0 radical (unpaired) electrons. The second-order valence-electron chi connectivity index (χ2n) is 21.2. The third-order valence-corrected chi connectivity index (χ3v) is 14.4. The molecule has 0 heterocycles. The fourth-order valence-corrected chi connectivity index (χ4v) is 9.42. The van der Waals surface area contributed by atoms with E-state index >= 15 is 0 Å². The average molecular weight is 948 g/mol. The van der Waals surface area contributed by atoms with E-state index < -0.39 is 6.10 Å². The van der Waals surface area contributed by atoms with Gasteiger partial charge in [0.25, 0.3) is 0 Å². The van der Waals surface area contributed by atoms with Crippen molar-refractivity contribution in [3.63, 3.8) is 0 Å². The van der Waals surface area contributed by atoms with Gasteiger partial charge in [-0.2, -0.15) is 0 Å². The second-order valence-corrected chi connectivity index (χ2v) is 21.2. The van der Waals surface area contributed by atoms with Gasteiger partial charge in [-0.25, -0.2) is 0 Å². The molecule has 0 aromatic rings. The van der Waals surface area contributed by atoms with Crippen LogP contribution in [0, 0.1) is 5.92 Å². The summed E-state index contributed by atoms with van der Waals surface area (Å²) in [6, 6.07) is 0. The highest BCUT2D eigenvalue weighted by molar-refractivity contribution is 5.71. The number of rotatable bonds is 56. The molecular formula is C61H118O6. The van der Waals surface area contributed by atoms with Crippen LogP contribution in [0.4, 0.5) is 0 Å². The molecule has 0 aromatic carbocycles. The van der Waals surface area contributed by atoms with Crippen molar-refractivity contribution in [2.45, 2.75) is 355 Å². The molecule has 398 valence electrons. The molecule has 0 saturated heterocycles. The van der Waals surface area contributed by atoms with Gasteiger partial charge in [-0.05, 0) is 25.2 Å². The van der Waals surface area contributed by atoms with Gasteiger partial charge in [0.05, 0.1) is 0 Å². The second kappa shape index (κ2) is 55.3. The van der Waals surface area contributed by atoms with Gasteiger partial charge in [-0.3, -0.25) is 14.4 Å². The molecule has 0 aliphatic carbocycles. The van der Waals surface area contributed by atoms with Crippen LogP contribution in [0.1, 0.15) is 349 Å². The van der Waals surface area contributed by atoms with Gasteiger partial charge >= 0.3 is 17.9 Å². The van der Waals surface area contributed by atoms with Crippen molar-refractivity contribution in [3.05, 3.63) is 0 Å². The smallest absolute Gasteiger partial charge is 0.306 e. The highest BCUT2D eigenvalue weighted by atomic mass is 16.6. The zero-order valence-corrected chi connectivity index (χ0v) is 45.9. The Kier molecular flexibility index (Phi) is 54.0. The maximum absolute atomic E-state index is 12.8. The number of hydrogen-bond acceptors (Lipinski definition) is 6. The number of hydrogen-bond donors (Lipinski definition) is 0. The summed E-state index contributed by atoms with van der Waals surface area (Å²) in [6.45, 7) is 9.11. The fourth-order valence-electron chi connectivity index (χ4n) is 9.42. The molecule has 0 fully saturated rings. The maximum Gasteiger partial charge on any atom is 0.306 e. The molecule has 6 heteroatoms. The first-order valence-electron chi connectivity index (χ1n) is 30.4. The summed E-state index contributed by atoms with van der Waals surface area (Å²) in [4.78, 5) is 38.2. The van der Waals surface area contributed by atoms with Crippen LogP contribution < -0.4 is 0 Å². The highest BCUT2D eigenvalue weighted by Gasteiger charge is 2.19. The van der Waals surface area contributed by atoms with Crippen molar-refractivity contribution in [3.8, 4) is 0 Å². The molecule has 2 atom stereocenters. The van der Waals surface area contributed by atoms with Crippen LogP contribution in [0.5, 0.6) is 0 Å². The topological polar surface area (TPSA) is 78.9 Å². The van der Waals surface area contributed by atoms with E-state index in [1.54, 1.807) is 0 Å². The number of carbonyl (C=O) groups is 3. The molecule has 0 N–H and O–H groups in total. The van der Waals surface area contributed by atoms with Gasteiger partial charge in [0, 0.05) is 19.3 Å². The van der Waals surface area contributed by atoms with Crippen LogP contribution >= 0.6 is 0 Å². The van der Waals surface area contributed by atoms with Crippen molar-refractivity contribution < 1.29 is 28.6 Å². The molecule has 0 bridgehead atoms. The van der Waals surface area contributed by atoms with Crippen molar-refractivity contribution >= 4 is 17.9 Å². The van der Waals surface area contributed by atoms with E-state index in [0.29, 0.717) is 19.3 Å². The van der Waals surface area contributed by atoms with Crippen molar-refractivity contribution in [2.75, 3.05) is 13.2 Å². The Labute approximate surface area is 418 Å². The van der Waals surface area contributed by atoms with E-state index in [1.807, 2.05) is 0 Å². The minimum absolute atomic E-state index is 0.0616. The zero-order chi connectivity index (χ0) is 48.8. The average Bonchev–Trinajstić information content (AvgIpc) is 3.33. The number of esters is 3. The third-order valence-electron chi connectivity index (χ3n) is 14.4. The molecule has 0 saturated carbocycles. The van der Waals surface area contributed by atoms with Gasteiger partial charge in [0.2, 0.25) is 0 Å². The fraction of sp³-hybridized carbons (Fsp3) is 0.951. The Morgan fingerprint density at radius 1 is 0.299 bits per heavy atom. The molecule has 0 amide bonds. The van der Waals surface area contributed by atoms with Gasteiger partial charge in [-0.1, -0.05) is 310 Å². The molecule has 67 heavy (non-hydrogen) atoms. The predicted octanol–water partition coefficient (Wildman–Crippen LogP) is 20.2. The van der Waals surface area contributed by atoms with E-state index in [0.717, 1.165) is 63.7 Å². The van der Waals surface area contributed by atoms with Crippen LogP contribution in [-0.2, 0) is 28.6 Å². The molecule has 0 aliphatic heterocycles. The molecule has 0 aromatic heterocycles. The molecule has 1 unspecified atom stereocenters. The number of carbonyl (C=O) groups excluding carboxylic acids is 3. The van der Waals surface area contributed by atoms with Crippen LogP contribution in [0.3, 0.4) is 0 Å². The Morgan fingerprint density at radius 3 is 0.776 bits per heavy atom. The Hall–Kier alpha value is -1.59. The summed E-state index contributed by atoms with van der Waals surface area (Å²) in [6.07, 6.45) is 60.9. The summed E-state index contributed by atoms with van der Waals surface area (Å²) in [5.41, 5.74) is 0. The van der Waals surface area contributed by atoms with E-state index in [4.69, 9.17) is 14.2 Å². The van der Waals surface area contributed by atoms with E-state index in [1.165, 1.54) is 244 Å². The van der Waals surface area contributed by atoms with E-state index in [2.05, 4.69) is 27.7 Å². The van der Waals surface area contributed by atoms with Crippen molar-refractivity contribution in [1.29, 1.82) is 0 Å². The molecule has 6 nitrogen and oxygen atoms in total. The molecule has 0 aliphatic rings. The summed E-state index contributed by atoms with van der Waals surface area (Å²) >= 11 is 0. The minimum Gasteiger partial charge on any atom is -0.462 e. The lowest BCUT2D eigenvalue weighted by Gasteiger charge is -2.18. The summed E-state index contributed by atoms with van der Waals surface area (Å²) < 4.78 is 16.9. The highest BCUT2D eigenvalue weighted by Crippen LogP contribution is 2.19. The standard InChI is InChI=1S/C61H118O6/c1-5-8-10-12-14-16-18-20-21-22-23-24-25-29-33-36-40-44-48-52-59(62)65-55-58(67-61(64)54-50-46-42-38-32-19-17-15-13-11-9-6-2)56-66-60(63)53-49-45-41-37-34-30-27-26-28-31-35-39-43-47-51-57(4)7-3/h57-58H,5-56H2,1-4H3/t57?,58-/m0/s1. The largest absolute Gasteiger partial charge is 0.462 e. The zero-order valence-electron chi connectivity index (χ0n) is 45.9. The first-order valence-corrected chi connectivity index (χ1v) is 30.4.